The summed E-state index contributed by atoms with van der Waals surface area (Å²) in [6.45, 7) is 8.89. The van der Waals surface area contributed by atoms with Crippen LogP contribution in [0.1, 0.15) is 16.7 Å². The number of aromatic nitrogens is 3. The summed E-state index contributed by atoms with van der Waals surface area (Å²) in [6.07, 6.45) is 1.62. The van der Waals surface area contributed by atoms with Gasteiger partial charge in [0.15, 0.2) is 5.76 Å². The zero-order valence-electron chi connectivity index (χ0n) is 20.5. The number of nitrogens with one attached hydrogen (secondary N) is 1. The van der Waals surface area contributed by atoms with E-state index in [1.165, 1.54) is 22.4 Å². The first-order valence-corrected chi connectivity index (χ1v) is 10.5. The fourth-order valence-corrected chi connectivity index (χ4v) is 2.78. The molecule has 0 amide bonds. The predicted molar refractivity (Wildman–Crippen MR) is 137 cm³/mol. The van der Waals surface area contributed by atoms with Crippen molar-refractivity contribution in [3.05, 3.63) is 83.6 Å². The Morgan fingerprint density at radius 1 is 0.912 bits per heavy atom. The number of rotatable bonds is 5. The highest BCUT2D eigenvalue weighted by molar-refractivity contribution is 5.49. The molecule has 0 radical (unpaired) electrons. The van der Waals surface area contributed by atoms with Gasteiger partial charge >= 0.3 is 0 Å². The van der Waals surface area contributed by atoms with Crippen LogP contribution in [0.4, 0.5) is 11.6 Å². The summed E-state index contributed by atoms with van der Waals surface area (Å²) in [7, 11) is 5.92. The first-order valence-electron chi connectivity index (χ1n) is 10.5. The standard InChI is InChI=1S/C16H19N5O.C8H10.2CH2O/c1-20(2)13-8-6-12(7-9-13)11-17-16-18-15(19-21(16)3)14-5-4-10-22-14;1-7-3-5-8(2)6-4-7;2*1-2/h4-10H,11H2,1-3H3,(H,17,18,19);3-6H,1-2H3;2*1H2. The van der Waals surface area contributed by atoms with Crippen LogP contribution in [0.25, 0.3) is 11.6 Å². The van der Waals surface area contributed by atoms with Crippen LogP contribution in [0, 0.1) is 13.8 Å². The third-order valence-electron chi connectivity index (χ3n) is 4.63. The minimum Gasteiger partial charge on any atom is -0.461 e. The molecule has 0 atom stereocenters. The van der Waals surface area contributed by atoms with Crippen molar-refractivity contribution >= 4 is 25.2 Å². The highest BCUT2D eigenvalue weighted by Gasteiger charge is 2.10. The Labute approximate surface area is 201 Å². The normalized spacial score (nSPS) is 9.32. The summed E-state index contributed by atoms with van der Waals surface area (Å²) in [5, 5.41) is 7.64. The lowest BCUT2D eigenvalue weighted by Crippen LogP contribution is -2.09. The summed E-state index contributed by atoms with van der Waals surface area (Å²) >= 11 is 0. The van der Waals surface area contributed by atoms with Gasteiger partial charge in [0.2, 0.25) is 11.8 Å². The van der Waals surface area contributed by atoms with Crippen LogP contribution < -0.4 is 10.2 Å². The van der Waals surface area contributed by atoms with Crippen molar-refractivity contribution in [2.24, 2.45) is 7.05 Å². The molecule has 0 saturated carbocycles. The number of benzene rings is 2. The van der Waals surface area contributed by atoms with Crippen molar-refractivity contribution in [1.29, 1.82) is 0 Å². The van der Waals surface area contributed by atoms with Crippen molar-refractivity contribution < 1.29 is 14.0 Å². The molecule has 2 heterocycles. The van der Waals surface area contributed by atoms with E-state index in [-0.39, 0.29) is 0 Å². The largest absolute Gasteiger partial charge is 0.461 e. The monoisotopic (exact) mass is 463 g/mol. The Balaban J connectivity index is 0.000000403. The molecule has 0 unspecified atom stereocenters. The lowest BCUT2D eigenvalue weighted by Gasteiger charge is -2.12. The summed E-state index contributed by atoms with van der Waals surface area (Å²) in [5.74, 6) is 1.96. The third kappa shape index (κ3) is 8.74. The average Bonchev–Trinajstić information content (AvgIpc) is 3.53. The number of anilines is 2. The van der Waals surface area contributed by atoms with Gasteiger partial charge in [0, 0.05) is 33.4 Å². The number of nitrogens with zero attached hydrogens (tertiary/aromatic N) is 4. The minimum absolute atomic E-state index is 0.581. The van der Waals surface area contributed by atoms with Gasteiger partial charge < -0.3 is 24.2 Å². The topological polar surface area (TPSA) is 93.3 Å². The van der Waals surface area contributed by atoms with E-state index in [0.29, 0.717) is 24.1 Å². The van der Waals surface area contributed by atoms with Crippen molar-refractivity contribution in [1.82, 2.24) is 14.8 Å². The molecule has 1 N–H and O–H groups in total. The zero-order valence-corrected chi connectivity index (χ0v) is 20.5. The SMILES string of the molecule is C=O.C=O.CN(C)c1ccc(CNc2nc(-c3ccco3)nn2C)cc1.Cc1ccc(C)cc1. The van der Waals surface area contributed by atoms with Crippen LogP contribution in [0.5, 0.6) is 0 Å². The predicted octanol–water partition coefficient (Wildman–Crippen LogP) is 4.69. The Kier molecular flexibility index (Phi) is 12.1. The Bertz CT molecular complexity index is 1050. The van der Waals surface area contributed by atoms with Crippen LogP contribution in [-0.4, -0.2) is 42.4 Å². The second-order valence-corrected chi connectivity index (χ2v) is 7.43. The first-order chi connectivity index (χ1) is 16.4. The molecule has 2 aromatic carbocycles. The smallest absolute Gasteiger partial charge is 0.221 e. The molecule has 4 rings (SSSR count). The van der Waals surface area contributed by atoms with Crippen molar-refractivity contribution in [3.63, 3.8) is 0 Å². The van der Waals surface area contributed by atoms with Gasteiger partial charge in [-0.25, -0.2) is 4.68 Å². The Morgan fingerprint density at radius 2 is 1.47 bits per heavy atom. The quantitative estimate of drug-likeness (QED) is 0.459. The number of carbonyl (C=O) groups excluding carboxylic acids is 2. The molecule has 0 aliphatic carbocycles. The number of carbonyl (C=O) groups is 2. The van der Waals surface area contributed by atoms with Gasteiger partial charge in [-0.3, -0.25) is 0 Å². The molecular formula is C26H33N5O3. The average molecular weight is 464 g/mol. The zero-order chi connectivity index (χ0) is 25.5. The molecule has 0 aliphatic heterocycles. The number of aryl methyl sites for hydroxylation is 3. The van der Waals surface area contributed by atoms with E-state index in [0.717, 1.165) is 0 Å². The van der Waals surface area contributed by atoms with Gasteiger partial charge in [-0.1, -0.05) is 47.5 Å². The molecule has 0 spiro atoms. The summed E-state index contributed by atoms with van der Waals surface area (Å²) in [4.78, 5) is 22.5. The molecule has 0 aliphatic rings. The van der Waals surface area contributed by atoms with E-state index in [1.807, 2.05) is 46.9 Å². The van der Waals surface area contributed by atoms with Crippen LogP contribution in [0.15, 0.2) is 71.3 Å². The molecular weight excluding hydrogens is 430 g/mol. The Hall–Kier alpha value is -4.20. The van der Waals surface area contributed by atoms with Gasteiger partial charge in [-0.05, 0) is 43.7 Å². The van der Waals surface area contributed by atoms with E-state index in [2.05, 4.69) is 82.7 Å². The highest BCUT2D eigenvalue weighted by Crippen LogP contribution is 2.18. The molecule has 0 fully saturated rings. The van der Waals surface area contributed by atoms with Gasteiger partial charge in [0.1, 0.15) is 13.6 Å². The summed E-state index contributed by atoms with van der Waals surface area (Å²) < 4.78 is 7.03. The van der Waals surface area contributed by atoms with Gasteiger partial charge in [0.25, 0.3) is 0 Å². The Morgan fingerprint density at radius 3 is 1.94 bits per heavy atom. The van der Waals surface area contributed by atoms with E-state index < -0.39 is 0 Å². The second kappa shape index (κ2) is 14.8. The maximum atomic E-state index is 8.00. The summed E-state index contributed by atoms with van der Waals surface area (Å²) in [5.41, 5.74) is 5.03. The van der Waals surface area contributed by atoms with E-state index >= 15 is 0 Å². The van der Waals surface area contributed by atoms with Crippen molar-refractivity contribution in [2.45, 2.75) is 20.4 Å². The van der Waals surface area contributed by atoms with E-state index in [9.17, 15) is 0 Å². The molecule has 4 aromatic rings. The number of hydrogen-bond donors (Lipinski definition) is 1. The van der Waals surface area contributed by atoms with Gasteiger partial charge in [0.05, 0.1) is 6.26 Å². The minimum atomic E-state index is 0.581. The highest BCUT2D eigenvalue weighted by atomic mass is 16.3. The maximum Gasteiger partial charge on any atom is 0.221 e. The molecule has 180 valence electrons. The first kappa shape index (κ1) is 27.8. The van der Waals surface area contributed by atoms with Crippen LogP contribution in [0.2, 0.25) is 0 Å². The number of furan rings is 1. The van der Waals surface area contributed by atoms with Crippen molar-refractivity contribution in [3.8, 4) is 11.6 Å². The van der Waals surface area contributed by atoms with Crippen LogP contribution in [0.3, 0.4) is 0 Å². The molecule has 34 heavy (non-hydrogen) atoms. The fourth-order valence-electron chi connectivity index (χ4n) is 2.78. The number of hydrogen-bond acceptors (Lipinski definition) is 7. The lowest BCUT2D eigenvalue weighted by atomic mass is 10.2. The van der Waals surface area contributed by atoms with E-state index in [1.54, 1.807) is 10.9 Å². The lowest BCUT2D eigenvalue weighted by molar-refractivity contribution is -0.0987. The maximum absolute atomic E-state index is 8.00. The molecule has 0 saturated heterocycles. The van der Waals surface area contributed by atoms with Crippen molar-refractivity contribution in [2.75, 3.05) is 24.3 Å². The van der Waals surface area contributed by atoms with Gasteiger partial charge in [-0.2, -0.15) is 4.98 Å². The summed E-state index contributed by atoms with van der Waals surface area (Å²) in [6, 6.07) is 20.6. The molecule has 0 bridgehead atoms. The molecule has 2 aromatic heterocycles. The van der Waals surface area contributed by atoms with Crippen LogP contribution >= 0.6 is 0 Å². The van der Waals surface area contributed by atoms with E-state index in [4.69, 9.17) is 14.0 Å². The van der Waals surface area contributed by atoms with Gasteiger partial charge in [-0.15, -0.1) is 5.10 Å². The van der Waals surface area contributed by atoms with Crippen LogP contribution in [-0.2, 0) is 23.2 Å². The second-order valence-electron chi connectivity index (χ2n) is 7.43. The fraction of sp³-hybridized carbons (Fsp3) is 0.231. The molecule has 8 heteroatoms. The third-order valence-corrected chi connectivity index (χ3v) is 4.63. The molecule has 8 nitrogen and oxygen atoms in total.